The number of nitrogens with one attached hydrogen (secondary N) is 1. The minimum Gasteiger partial charge on any atom is -0.458 e. The molecule has 5 nitrogen and oxygen atoms in total. The average Bonchev–Trinajstić information content (AvgIpc) is 2.56. The summed E-state index contributed by atoms with van der Waals surface area (Å²) < 4.78 is 32.2. The quantitative estimate of drug-likeness (QED) is 0.935. The zero-order valence-corrected chi connectivity index (χ0v) is 12.8. The Labute approximate surface area is 133 Å². The van der Waals surface area contributed by atoms with Gasteiger partial charge in [0, 0.05) is 37.4 Å². The highest BCUT2D eigenvalue weighted by molar-refractivity contribution is 5.40. The molecule has 122 valence electrons. The Hall–Kier alpha value is -2.28. The summed E-state index contributed by atoms with van der Waals surface area (Å²) in [6, 6.07) is 5.54. The summed E-state index contributed by atoms with van der Waals surface area (Å²) in [6.07, 6.45) is 1.61. The van der Waals surface area contributed by atoms with E-state index in [4.69, 9.17) is 4.74 Å². The molecule has 1 saturated heterocycles. The molecular weight excluding hydrogens is 302 g/mol. The standard InChI is InChI=1S/C16H18F2N4O/c1-11-9-19-6-7-22(11)15-4-5-20-16(21-15)23-10-12-8-13(17)2-3-14(12)18/h2-5,8,11,19H,6-7,9-10H2,1H3/t11-/m0/s1. The van der Waals surface area contributed by atoms with E-state index in [2.05, 4.69) is 27.1 Å². The lowest BCUT2D eigenvalue weighted by atomic mass is 10.2. The number of nitrogens with zero attached hydrogens (tertiary/aromatic N) is 3. The third kappa shape index (κ3) is 3.73. The minimum absolute atomic E-state index is 0.121. The molecule has 23 heavy (non-hydrogen) atoms. The lowest BCUT2D eigenvalue weighted by Gasteiger charge is -2.34. The van der Waals surface area contributed by atoms with Crippen molar-refractivity contribution in [1.29, 1.82) is 0 Å². The number of piperazine rings is 1. The van der Waals surface area contributed by atoms with E-state index in [0.717, 1.165) is 43.7 Å². The van der Waals surface area contributed by atoms with Gasteiger partial charge < -0.3 is 15.0 Å². The summed E-state index contributed by atoms with van der Waals surface area (Å²) in [6.45, 7) is 4.60. The van der Waals surface area contributed by atoms with Crippen LogP contribution in [-0.2, 0) is 6.61 Å². The molecule has 1 aliphatic rings. The van der Waals surface area contributed by atoms with Crippen LogP contribution in [0.4, 0.5) is 14.6 Å². The number of hydrogen-bond donors (Lipinski definition) is 1. The number of rotatable bonds is 4. The largest absolute Gasteiger partial charge is 0.458 e. The third-order valence-electron chi connectivity index (χ3n) is 3.78. The highest BCUT2D eigenvalue weighted by Gasteiger charge is 2.19. The van der Waals surface area contributed by atoms with Crippen LogP contribution < -0.4 is 15.0 Å². The lowest BCUT2D eigenvalue weighted by Crippen LogP contribution is -2.50. The molecule has 0 radical (unpaired) electrons. The molecule has 1 aliphatic heterocycles. The van der Waals surface area contributed by atoms with Crippen molar-refractivity contribution in [3.05, 3.63) is 47.7 Å². The fourth-order valence-corrected chi connectivity index (χ4v) is 2.54. The lowest BCUT2D eigenvalue weighted by molar-refractivity contribution is 0.274. The molecule has 1 atom stereocenters. The van der Waals surface area contributed by atoms with Gasteiger partial charge in [0.15, 0.2) is 0 Å². The molecular formula is C16H18F2N4O. The van der Waals surface area contributed by atoms with Crippen LogP contribution in [0.3, 0.4) is 0 Å². The Balaban J connectivity index is 1.71. The van der Waals surface area contributed by atoms with Crippen LogP contribution in [0.1, 0.15) is 12.5 Å². The summed E-state index contributed by atoms with van der Waals surface area (Å²) in [7, 11) is 0. The fourth-order valence-electron chi connectivity index (χ4n) is 2.54. The fraction of sp³-hybridized carbons (Fsp3) is 0.375. The van der Waals surface area contributed by atoms with E-state index in [1.165, 1.54) is 0 Å². The van der Waals surface area contributed by atoms with Crippen molar-refractivity contribution >= 4 is 5.82 Å². The minimum atomic E-state index is -0.515. The maximum Gasteiger partial charge on any atom is 0.318 e. The van der Waals surface area contributed by atoms with Crippen LogP contribution in [0.5, 0.6) is 6.01 Å². The molecule has 3 rings (SSSR count). The third-order valence-corrected chi connectivity index (χ3v) is 3.78. The summed E-state index contributed by atoms with van der Waals surface area (Å²) in [5, 5.41) is 3.31. The molecule has 1 fully saturated rings. The van der Waals surface area contributed by atoms with Crippen LogP contribution in [0, 0.1) is 11.6 Å². The van der Waals surface area contributed by atoms with E-state index in [0.29, 0.717) is 6.04 Å². The van der Waals surface area contributed by atoms with Crippen LogP contribution in [-0.4, -0.2) is 35.6 Å². The van der Waals surface area contributed by atoms with Gasteiger partial charge in [0.05, 0.1) is 0 Å². The summed E-state index contributed by atoms with van der Waals surface area (Å²) >= 11 is 0. The van der Waals surface area contributed by atoms with Gasteiger partial charge in [-0.1, -0.05) is 0 Å². The molecule has 1 aromatic carbocycles. The first kappa shape index (κ1) is 15.6. The van der Waals surface area contributed by atoms with Gasteiger partial charge in [-0.15, -0.1) is 0 Å². The van der Waals surface area contributed by atoms with Gasteiger partial charge in [0.2, 0.25) is 0 Å². The number of ether oxygens (including phenoxy) is 1. The van der Waals surface area contributed by atoms with Crippen molar-refractivity contribution in [2.75, 3.05) is 24.5 Å². The summed E-state index contributed by atoms with van der Waals surface area (Å²) in [4.78, 5) is 10.6. The molecule has 7 heteroatoms. The Kier molecular flexibility index (Phi) is 4.66. The predicted octanol–water partition coefficient (Wildman–Crippen LogP) is 2.13. The second-order valence-electron chi connectivity index (χ2n) is 5.47. The highest BCUT2D eigenvalue weighted by atomic mass is 19.1. The maximum atomic E-state index is 13.6. The van der Waals surface area contributed by atoms with E-state index < -0.39 is 11.6 Å². The molecule has 1 N–H and O–H groups in total. The molecule has 2 aromatic rings. The molecule has 0 spiro atoms. The van der Waals surface area contributed by atoms with E-state index in [1.807, 2.05) is 6.07 Å². The van der Waals surface area contributed by atoms with Gasteiger partial charge in [-0.05, 0) is 31.2 Å². The number of halogens is 2. The van der Waals surface area contributed by atoms with Gasteiger partial charge in [-0.25, -0.2) is 13.8 Å². The van der Waals surface area contributed by atoms with Gasteiger partial charge in [-0.3, -0.25) is 0 Å². The van der Waals surface area contributed by atoms with Crippen molar-refractivity contribution in [1.82, 2.24) is 15.3 Å². The van der Waals surface area contributed by atoms with Crippen molar-refractivity contribution in [2.45, 2.75) is 19.6 Å². The van der Waals surface area contributed by atoms with E-state index >= 15 is 0 Å². The second-order valence-corrected chi connectivity index (χ2v) is 5.47. The molecule has 0 bridgehead atoms. The Morgan fingerprint density at radius 1 is 1.35 bits per heavy atom. The van der Waals surface area contributed by atoms with Crippen LogP contribution >= 0.6 is 0 Å². The molecule has 1 aromatic heterocycles. The normalized spacial score (nSPS) is 18.0. The molecule has 0 saturated carbocycles. The average molecular weight is 320 g/mol. The van der Waals surface area contributed by atoms with E-state index in [1.54, 1.807) is 6.20 Å². The number of benzene rings is 1. The van der Waals surface area contributed by atoms with Gasteiger partial charge in [0.25, 0.3) is 0 Å². The maximum absolute atomic E-state index is 13.6. The molecule has 0 unspecified atom stereocenters. The first-order chi connectivity index (χ1) is 11.1. The first-order valence-electron chi connectivity index (χ1n) is 7.50. The Morgan fingerprint density at radius 2 is 2.22 bits per heavy atom. The monoisotopic (exact) mass is 320 g/mol. The van der Waals surface area contributed by atoms with Gasteiger partial charge in [-0.2, -0.15) is 4.98 Å². The van der Waals surface area contributed by atoms with Crippen molar-refractivity contribution in [3.63, 3.8) is 0 Å². The molecule has 0 aliphatic carbocycles. The molecule has 0 amide bonds. The zero-order valence-electron chi connectivity index (χ0n) is 12.8. The van der Waals surface area contributed by atoms with Crippen molar-refractivity contribution in [3.8, 4) is 6.01 Å². The van der Waals surface area contributed by atoms with Crippen molar-refractivity contribution in [2.24, 2.45) is 0 Å². The number of anilines is 1. The van der Waals surface area contributed by atoms with Crippen molar-refractivity contribution < 1.29 is 13.5 Å². The van der Waals surface area contributed by atoms with Crippen LogP contribution in [0.2, 0.25) is 0 Å². The number of aromatic nitrogens is 2. The summed E-state index contributed by atoms with van der Waals surface area (Å²) in [5.41, 5.74) is 0.134. The second kappa shape index (κ2) is 6.87. The Bertz CT molecular complexity index is 683. The highest BCUT2D eigenvalue weighted by Crippen LogP contribution is 2.18. The smallest absolute Gasteiger partial charge is 0.318 e. The number of hydrogen-bond acceptors (Lipinski definition) is 5. The van der Waals surface area contributed by atoms with Crippen LogP contribution in [0.25, 0.3) is 0 Å². The van der Waals surface area contributed by atoms with Gasteiger partial charge >= 0.3 is 6.01 Å². The van der Waals surface area contributed by atoms with Gasteiger partial charge in [0.1, 0.15) is 24.1 Å². The molecule has 2 heterocycles. The summed E-state index contributed by atoms with van der Waals surface area (Å²) in [5.74, 6) is -0.253. The SMILES string of the molecule is C[C@H]1CNCCN1c1ccnc(OCc2cc(F)ccc2F)n1. The predicted molar refractivity (Wildman–Crippen MR) is 82.4 cm³/mol. The zero-order chi connectivity index (χ0) is 16.2. The Morgan fingerprint density at radius 3 is 3.04 bits per heavy atom. The topological polar surface area (TPSA) is 50.3 Å². The van der Waals surface area contributed by atoms with Crippen LogP contribution in [0.15, 0.2) is 30.5 Å². The van der Waals surface area contributed by atoms with E-state index in [9.17, 15) is 8.78 Å². The first-order valence-corrected chi connectivity index (χ1v) is 7.50. The van der Waals surface area contributed by atoms with E-state index in [-0.39, 0.29) is 18.2 Å².